The van der Waals surface area contributed by atoms with Crippen molar-refractivity contribution in [2.24, 2.45) is 0 Å². The summed E-state index contributed by atoms with van der Waals surface area (Å²) in [5, 5.41) is 0. The Morgan fingerprint density at radius 1 is 0.480 bits per heavy atom. The topological polar surface area (TPSA) is 27.7 Å². The first-order valence-electron chi connectivity index (χ1n) is 8.10. The van der Waals surface area contributed by atoms with Crippen LogP contribution >= 0.6 is 0 Å². The van der Waals surface area contributed by atoms with Gasteiger partial charge in [0.1, 0.15) is 17.2 Å². The third-order valence-electron chi connectivity index (χ3n) is 3.71. The van der Waals surface area contributed by atoms with E-state index in [1.165, 1.54) is 11.1 Å². The first-order chi connectivity index (χ1) is 12.2. The highest BCUT2D eigenvalue weighted by Crippen LogP contribution is 2.17. The lowest BCUT2D eigenvalue weighted by Gasteiger charge is -2.05. The Bertz CT molecular complexity index is 674. The van der Waals surface area contributed by atoms with Crippen LogP contribution in [0.2, 0.25) is 0 Å². The van der Waals surface area contributed by atoms with E-state index >= 15 is 0 Å². The predicted molar refractivity (Wildman–Crippen MR) is 102 cm³/mol. The van der Waals surface area contributed by atoms with Crippen LogP contribution in [0.4, 0.5) is 0 Å². The van der Waals surface area contributed by atoms with Crippen molar-refractivity contribution in [3.63, 3.8) is 0 Å². The van der Waals surface area contributed by atoms with Gasteiger partial charge in [0.2, 0.25) is 0 Å². The third kappa shape index (κ3) is 6.22. The van der Waals surface area contributed by atoms with Gasteiger partial charge in [0.05, 0.1) is 21.3 Å². The molecule has 0 aromatic heterocycles. The molecule has 0 unspecified atom stereocenters. The molecule has 0 aliphatic heterocycles. The maximum absolute atomic E-state index is 5.13. The lowest BCUT2D eigenvalue weighted by Crippen LogP contribution is -1.89. The Morgan fingerprint density at radius 3 is 1.16 bits per heavy atom. The van der Waals surface area contributed by atoms with Crippen LogP contribution in [0.25, 0.3) is 0 Å². The van der Waals surface area contributed by atoms with Crippen molar-refractivity contribution in [1.29, 1.82) is 0 Å². The summed E-state index contributed by atoms with van der Waals surface area (Å²) in [5.41, 5.74) is 2.55. The third-order valence-corrected chi connectivity index (χ3v) is 3.71. The number of hydrogen-bond acceptors (Lipinski definition) is 3. The first kappa shape index (κ1) is 18.4. The van der Waals surface area contributed by atoms with Gasteiger partial charge in [0.25, 0.3) is 0 Å². The van der Waals surface area contributed by atoms with Crippen molar-refractivity contribution in [3.8, 4) is 17.2 Å². The average Bonchev–Trinajstić information content (AvgIpc) is 2.70. The van der Waals surface area contributed by atoms with E-state index in [0.717, 1.165) is 23.7 Å². The highest BCUT2D eigenvalue weighted by atomic mass is 16.5. The second kappa shape index (κ2) is 10.0. The van der Waals surface area contributed by atoms with E-state index in [-0.39, 0.29) is 0 Å². The zero-order chi connectivity index (χ0) is 17.9. The van der Waals surface area contributed by atoms with Crippen LogP contribution in [0.15, 0.2) is 78.9 Å². The van der Waals surface area contributed by atoms with Crippen LogP contribution < -0.4 is 14.2 Å². The van der Waals surface area contributed by atoms with Crippen molar-refractivity contribution in [1.82, 2.24) is 0 Å². The molecular weight excluding hydrogens is 312 g/mol. The van der Waals surface area contributed by atoms with Crippen molar-refractivity contribution in [2.75, 3.05) is 21.3 Å². The van der Waals surface area contributed by atoms with E-state index in [4.69, 9.17) is 14.2 Å². The summed E-state index contributed by atoms with van der Waals surface area (Å²) in [4.78, 5) is 0. The maximum Gasteiger partial charge on any atom is 0.118 e. The smallest absolute Gasteiger partial charge is 0.118 e. The molecule has 0 bridgehead atoms. The van der Waals surface area contributed by atoms with Crippen LogP contribution in [0, 0.1) is 0 Å². The van der Waals surface area contributed by atoms with Gasteiger partial charge >= 0.3 is 0 Å². The standard InChI is InChI=1S/C15H16O2.C7H8O/c1-16-14-7-3-12(4-8-14)11-13-5-9-15(17-2)10-6-13;1-8-7-5-3-2-4-6-7/h3-10H,11H2,1-2H3;2-6H,1H3. The summed E-state index contributed by atoms with van der Waals surface area (Å²) in [5.74, 6) is 2.69. The van der Waals surface area contributed by atoms with Crippen LogP contribution in [0.3, 0.4) is 0 Å². The molecule has 0 N–H and O–H groups in total. The first-order valence-corrected chi connectivity index (χ1v) is 8.10. The molecule has 0 aliphatic carbocycles. The Labute approximate surface area is 149 Å². The molecule has 0 saturated carbocycles. The molecular formula is C22H24O3. The molecule has 3 heteroatoms. The highest BCUT2D eigenvalue weighted by Gasteiger charge is 1.98. The van der Waals surface area contributed by atoms with E-state index in [1.54, 1.807) is 21.3 Å². The molecule has 130 valence electrons. The van der Waals surface area contributed by atoms with Gasteiger partial charge < -0.3 is 14.2 Å². The minimum absolute atomic E-state index is 0.892. The van der Waals surface area contributed by atoms with Gasteiger partial charge in [-0.1, -0.05) is 42.5 Å². The monoisotopic (exact) mass is 336 g/mol. The fraction of sp³-hybridized carbons (Fsp3) is 0.182. The number of rotatable bonds is 5. The summed E-state index contributed by atoms with van der Waals surface area (Å²) in [6.45, 7) is 0. The number of hydrogen-bond donors (Lipinski definition) is 0. The van der Waals surface area contributed by atoms with E-state index in [9.17, 15) is 0 Å². The molecule has 0 fully saturated rings. The molecule has 3 nitrogen and oxygen atoms in total. The van der Waals surface area contributed by atoms with E-state index in [1.807, 2.05) is 54.6 Å². The van der Waals surface area contributed by atoms with Gasteiger partial charge in [0, 0.05) is 0 Å². The van der Waals surface area contributed by atoms with Gasteiger partial charge in [-0.25, -0.2) is 0 Å². The molecule has 3 aromatic carbocycles. The number of methoxy groups -OCH3 is 3. The molecule has 3 aromatic rings. The molecule has 0 atom stereocenters. The largest absolute Gasteiger partial charge is 0.497 e. The highest BCUT2D eigenvalue weighted by molar-refractivity contribution is 5.33. The molecule has 0 spiro atoms. The molecule has 3 rings (SSSR count). The fourth-order valence-corrected chi connectivity index (χ4v) is 2.28. The van der Waals surface area contributed by atoms with Crippen molar-refractivity contribution in [3.05, 3.63) is 90.0 Å². The van der Waals surface area contributed by atoms with Gasteiger partial charge in [-0.2, -0.15) is 0 Å². The van der Waals surface area contributed by atoms with Crippen LogP contribution in [-0.2, 0) is 6.42 Å². The normalized spacial score (nSPS) is 9.56. The Hall–Kier alpha value is -2.94. The Kier molecular flexibility index (Phi) is 7.39. The maximum atomic E-state index is 5.13. The lowest BCUT2D eigenvalue weighted by molar-refractivity contribution is 0.414. The zero-order valence-corrected chi connectivity index (χ0v) is 14.9. The Balaban J connectivity index is 0.000000236. The van der Waals surface area contributed by atoms with Gasteiger partial charge in [-0.3, -0.25) is 0 Å². The van der Waals surface area contributed by atoms with Crippen LogP contribution in [0.1, 0.15) is 11.1 Å². The number of ether oxygens (including phenoxy) is 3. The SMILES string of the molecule is COc1ccc(Cc2ccc(OC)cc2)cc1.COc1ccccc1. The second-order valence-electron chi connectivity index (χ2n) is 5.39. The summed E-state index contributed by atoms with van der Waals surface area (Å²) >= 11 is 0. The van der Waals surface area contributed by atoms with Crippen LogP contribution in [0.5, 0.6) is 17.2 Å². The average molecular weight is 336 g/mol. The zero-order valence-electron chi connectivity index (χ0n) is 14.9. The molecule has 0 radical (unpaired) electrons. The second-order valence-corrected chi connectivity index (χ2v) is 5.39. The van der Waals surface area contributed by atoms with E-state index < -0.39 is 0 Å². The van der Waals surface area contributed by atoms with Crippen LogP contribution in [-0.4, -0.2) is 21.3 Å². The van der Waals surface area contributed by atoms with Gasteiger partial charge in [-0.15, -0.1) is 0 Å². The number of benzene rings is 3. The van der Waals surface area contributed by atoms with E-state index in [0.29, 0.717) is 0 Å². The van der Waals surface area contributed by atoms with E-state index in [2.05, 4.69) is 24.3 Å². The molecule has 0 heterocycles. The lowest BCUT2D eigenvalue weighted by atomic mass is 10.0. The summed E-state index contributed by atoms with van der Waals surface area (Å²) < 4.78 is 15.2. The quantitative estimate of drug-likeness (QED) is 0.657. The van der Waals surface area contributed by atoms with Gasteiger partial charge in [-0.05, 0) is 53.9 Å². The summed E-state index contributed by atoms with van der Waals surface area (Å²) in [7, 11) is 5.02. The van der Waals surface area contributed by atoms with Crippen molar-refractivity contribution < 1.29 is 14.2 Å². The molecule has 25 heavy (non-hydrogen) atoms. The molecule has 0 aliphatic rings. The van der Waals surface area contributed by atoms with Crippen molar-refractivity contribution in [2.45, 2.75) is 6.42 Å². The minimum Gasteiger partial charge on any atom is -0.497 e. The summed E-state index contributed by atoms with van der Waals surface area (Å²) in [6, 6.07) is 26.0. The molecule has 0 saturated heterocycles. The van der Waals surface area contributed by atoms with Crippen molar-refractivity contribution >= 4 is 0 Å². The predicted octanol–water partition coefficient (Wildman–Crippen LogP) is 4.99. The minimum atomic E-state index is 0.892. The summed E-state index contributed by atoms with van der Waals surface area (Å²) in [6.07, 6.45) is 0.925. The fourth-order valence-electron chi connectivity index (χ4n) is 2.28. The van der Waals surface area contributed by atoms with Gasteiger partial charge in [0.15, 0.2) is 0 Å². The Morgan fingerprint density at radius 2 is 0.840 bits per heavy atom. The number of para-hydroxylation sites is 1. The molecule has 0 amide bonds.